The van der Waals surface area contributed by atoms with Crippen LogP contribution in [-0.2, 0) is 30.5 Å². The van der Waals surface area contributed by atoms with Crippen molar-refractivity contribution in [1.82, 2.24) is 15.5 Å². The van der Waals surface area contributed by atoms with E-state index in [-0.39, 0.29) is 24.9 Å². The lowest BCUT2D eigenvalue weighted by molar-refractivity contribution is -0.137. The SMILES string of the molecule is C=CCOc1ccc(C)cc1.CC(C)(C)OC(=O)NCC(=O)N1CCCC1C(=O)NCC=O.COCc1ccccc1. The van der Waals surface area contributed by atoms with Gasteiger partial charge in [-0.25, -0.2) is 4.79 Å². The van der Waals surface area contributed by atoms with Gasteiger partial charge in [0.1, 0.15) is 36.8 Å². The van der Waals surface area contributed by atoms with Gasteiger partial charge in [0.15, 0.2) is 0 Å². The number of aldehydes is 1. The van der Waals surface area contributed by atoms with Crippen molar-refractivity contribution in [2.75, 3.05) is 33.4 Å². The lowest BCUT2D eigenvalue weighted by Crippen LogP contribution is -2.49. The zero-order valence-electron chi connectivity index (χ0n) is 25.4. The molecule has 1 unspecified atom stereocenters. The molecule has 1 heterocycles. The van der Waals surface area contributed by atoms with Crippen LogP contribution in [0.15, 0.2) is 67.3 Å². The molecule has 3 rings (SSSR count). The van der Waals surface area contributed by atoms with E-state index in [1.807, 2.05) is 54.6 Å². The lowest BCUT2D eigenvalue weighted by Gasteiger charge is -2.24. The molecule has 0 spiro atoms. The van der Waals surface area contributed by atoms with Gasteiger partial charge in [-0.2, -0.15) is 0 Å². The van der Waals surface area contributed by atoms with Gasteiger partial charge in [-0.1, -0.05) is 60.7 Å². The highest BCUT2D eigenvalue weighted by molar-refractivity contribution is 5.90. The Morgan fingerprint density at radius 2 is 1.71 bits per heavy atom. The molecule has 0 saturated carbocycles. The summed E-state index contributed by atoms with van der Waals surface area (Å²) in [5.74, 6) is 0.195. The van der Waals surface area contributed by atoms with Gasteiger partial charge in [0.2, 0.25) is 11.8 Å². The van der Waals surface area contributed by atoms with Crippen LogP contribution in [-0.4, -0.2) is 74.1 Å². The number of benzene rings is 2. The maximum Gasteiger partial charge on any atom is 0.408 e. The largest absolute Gasteiger partial charge is 0.490 e. The number of nitrogens with zero attached hydrogens (tertiary/aromatic N) is 1. The number of rotatable bonds is 10. The summed E-state index contributed by atoms with van der Waals surface area (Å²) in [7, 11) is 1.70. The first-order valence-corrected chi connectivity index (χ1v) is 13.8. The van der Waals surface area contributed by atoms with Crippen molar-refractivity contribution < 1.29 is 33.4 Å². The van der Waals surface area contributed by atoms with Gasteiger partial charge >= 0.3 is 6.09 Å². The van der Waals surface area contributed by atoms with Gasteiger partial charge in [0.05, 0.1) is 13.2 Å². The molecule has 0 aromatic heterocycles. The fourth-order valence-electron chi connectivity index (χ4n) is 3.69. The molecule has 230 valence electrons. The van der Waals surface area contributed by atoms with Crippen molar-refractivity contribution >= 4 is 24.2 Å². The maximum absolute atomic E-state index is 12.1. The van der Waals surface area contributed by atoms with Crippen LogP contribution in [0, 0.1) is 6.92 Å². The minimum absolute atomic E-state index is 0.0759. The maximum atomic E-state index is 12.1. The van der Waals surface area contributed by atoms with Crippen molar-refractivity contribution in [3.8, 4) is 5.75 Å². The van der Waals surface area contributed by atoms with Crippen molar-refractivity contribution in [3.63, 3.8) is 0 Å². The van der Waals surface area contributed by atoms with Crippen LogP contribution in [0.3, 0.4) is 0 Å². The van der Waals surface area contributed by atoms with Crippen LogP contribution in [0.5, 0.6) is 5.75 Å². The summed E-state index contributed by atoms with van der Waals surface area (Å²) in [6.45, 7) is 12.2. The molecule has 2 N–H and O–H groups in total. The van der Waals surface area contributed by atoms with Crippen LogP contribution in [0.4, 0.5) is 4.79 Å². The highest BCUT2D eigenvalue weighted by Gasteiger charge is 2.33. The topological polar surface area (TPSA) is 123 Å². The van der Waals surface area contributed by atoms with Gasteiger partial charge in [-0.3, -0.25) is 9.59 Å². The van der Waals surface area contributed by atoms with Gasteiger partial charge in [0.25, 0.3) is 0 Å². The van der Waals surface area contributed by atoms with Gasteiger partial charge in [0, 0.05) is 13.7 Å². The van der Waals surface area contributed by atoms with E-state index in [0.717, 1.165) is 5.75 Å². The monoisotopic (exact) mass is 583 g/mol. The number of hydrogen-bond donors (Lipinski definition) is 2. The van der Waals surface area contributed by atoms with Crippen molar-refractivity contribution in [3.05, 3.63) is 78.4 Å². The van der Waals surface area contributed by atoms with Crippen LogP contribution in [0.2, 0.25) is 0 Å². The second-order valence-corrected chi connectivity index (χ2v) is 10.3. The number of carbonyl (C=O) groups is 4. The van der Waals surface area contributed by atoms with Gasteiger partial charge in [-0.05, 0) is 58.2 Å². The molecular formula is C32H45N3O7. The summed E-state index contributed by atoms with van der Waals surface area (Å²) in [6.07, 6.45) is 2.89. The first-order chi connectivity index (χ1) is 20.0. The second kappa shape index (κ2) is 19.8. The first kappa shape index (κ1) is 35.8. The Morgan fingerprint density at radius 1 is 1.05 bits per heavy atom. The molecule has 1 aliphatic heterocycles. The zero-order chi connectivity index (χ0) is 31.4. The van der Waals surface area contributed by atoms with Crippen LogP contribution < -0.4 is 15.4 Å². The van der Waals surface area contributed by atoms with Crippen LogP contribution in [0.1, 0.15) is 44.7 Å². The normalized spacial score (nSPS) is 13.7. The summed E-state index contributed by atoms with van der Waals surface area (Å²) in [5, 5.41) is 4.82. The van der Waals surface area contributed by atoms with E-state index in [0.29, 0.717) is 38.9 Å². The molecule has 1 aliphatic rings. The molecule has 10 nitrogen and oxygen atoms in total. The van der Waals surface area contributed by atoms with Crippen LogP contribution in [0.25, 0.3) is 0 Å². The number of carbonyl (C=O) groups excluding carboxylic acids is 4. The van der Waals surface area contributed by atoms with E-state index in [1.165, 1.54) is 16.0 Å². The minimum atomic E-state index is -0.679. The molecule has 1 fully saturated rings. The number of aryl methyl sites for hydroxylation is 1. The molecule has 3 amide bonds. The Morgan fingerprint density at radius 3 is 2.29 bits per heavy atom. The average molecular weight is 584 g/mol. The Labute approximate surface area is 249 Å². The number of hydrogen-bond acceptors (Lipinski definition) is 7. The zero-order valence-corrected chi connectivity index (χ0v) is 25.4. The molecule has 1 saturated heterocycles. The fourth-order valence-corrected chi connectivity index (χ4v) is 3.69. The standard InChI is InChI=1S/C14H23N3O5.C10H12O.C8H10O/c1-14(2,3)22-13(21)16-9-11(19)17-7-4-5-10(17)12(20)15-6-8-18;1-3-8-11-10-6-4-9(2)5-7-10;1-9-7-8-5-3-2-4-6-8/h8,10H,4-7,9H2,1-3H3,(H,15,20)(H,16,21);3-7H,1,8H2,2H3;2-6H,7H2,1H3. The summed E-state index contributed by atoms with van der Waals surface area (Å²) in [6, 6.07) is 17.5. The summed E-state index contributed by atoms with van der Waals surface area (Å²) in [4.78, 5) is 47.2. The number of alkyl carbamates (subject to hydrolysis) is 1. The number of methoxy groups -OCH3 is 1. The number of amides is 3. The molecule has 0 aliphatic carbocycles. The number of likely N-dealkylation sites (tertiary alicyclic amines) is 1. The Bertz CT molecular complexity index is 1100. The summed E-state index contributed by atoms with van der Waals surface area (Å²) < 4.78 is 15.3. The molecule has 2 aromatic rings. The molecular weight excluding hydrogens is 538 g/mol. The lowest BCUT2D eigenvalue weighted by atomic mass is 10.2. The molecule has 1 atom stereocenters. The van der Waals surface area contributed by atoms with Crippen molar-refractivity contribution in [1.29, 1.82) is 0 Å². The Balaban J connectivity index is 0.000000363. The van der Waals surface area contributed by atoms with E-state index in [1.54, 1.807) is 34.0 Å². The summed E-state index contributed by atoms with van der Waals surface area (Å²) >= 11 is 0. The second-order valence-electron chi connectivity index (χ2n) is 10.3. The van der Waals surface area contributed by atoms with Crippen molar-refractivity contribution in [2.24, 2.45) is 0 Å². The Hall–Kier alpha value is -4.18. The predicted octanol–water partition coefficient (Wildman–Crippen LogP) is 4.21. The van der Waals surface area contributed by atoms with E-state index in [2.05, 4.69) is 24.1 Å². The van der Waals surface area contributed by atoms with Crippen molar-refractivity contribution in [2.45, 2.75) is 58.8 Å². The highest BCUT2D eigenvalue weighted by Crippen LogP contribution is 2.17. The van der Waals surface area contributed by atoms with Crippen LogP contribution >= 0.6 is 0 Å². The smallest absolute Gasteiger partial charge is 0.408 e. The third-order valence-electron chi connectivity index (χ3n) is 5.56. The molecule has 2 aromatic carbocycles. The average Bonchev–Trinajstić information content (AvgIpc) is 3.45. The molecule has 10 heteroatoms. The van der Waals surface area contributed by atoms with E-state index in [9.17, 15) is 19.2 Å². The minimum Gasteiger partial charge on any atom is -0.490 e. The molecule has 0 radical (unpaired) electrons. The number of nitrogens with one attached hydrogen (secondary N) is 2. The summed E-state index contributed by atoms with van der Waals surface area (Å²) in [5.41, 5.74) is 1.83. The van der Waals surface area contributed by atoms with Gasteiger partial charge in [-0.15, -0.1) is 0 Å². The Kier molecular flexibility index (Phi) is 16.9. The van der Waals surface area contributed by atoms with E-state index in [4.69, 9.17) is 14.2 Å². The molecule has 0 bridgehead atoms. The number of ether oxygens (including phenoxy) is 3. The predicted molar refractivity (Wildman–Crippen MR) is 162 cm³/mol. The fraction of sp³-hybridized carbons (Fsp3) is 0.438. The first-order valence-electron chi connectivity index (χ1n) is 13.8. The molecule has 42 heavy (non-hydrogen) atoms. The van der Waals surface area contributed by atoms with Gasteiger partial charge < -0.3 is 34.5 Å². The third kappa shape index (κ3) is 15.6. The third-order valence-corrected chi connectivity index (χ3v) is 5.56. The quantitative estimate of drug-likeness (QED) is 0.317. The van der Waals surface area contributed by atoms with E-state index >= 15 is 0 Å². The van der Waals surface area contributed by atoms with E-state index < -0.39 is 17.7 Å². The highest BCUT2D eigenvalue weighted by atomic mass is 16.6.